The molecule has 0 saturated carbocycles. The van der Waals surface area contributed by atoms with Gasteiger partial charge in [0.05, 0.1) is 4.90 Å². The molecule has 1 fully saturated rings. The second kappa shape index (κ2) is 8.61. The van der Waals surface area contributed by atoms with E-state index in [1.54, 1.807) is 4.31 Å². The van der Waals surface area contributed by atoms with Crippen molar-refractivity contribution in [2.24, 2.45) is 0 Å². The molecule has 4 heteroatoms. The number of rotatable bonds is 6. The molecule has 0 spiro atoms. The molecule has 1 atom stereocenters. The highest BCUT2D eigenvalue weighted by molar-refractivity contribution is 7.89. The van der Waals surface area contributed by atoms with Crippen LogP contribution < -0.4 is 0 Å². The standard InChI is InChI=1S/C25H35NO2S/c1-17(2)22-14-23(18(3)4)25(24(15-22)19(5)6)29(27,28)26-13-12-21(16-26)20-10-8-7-9-11-20/h7-11,14-15,17-19,21H,12-13,16H2,1-6H3/t21-/m0/s1. The van der Waals surface area contributed by atoms with E-state index in [0.717, 1.165) is 17.5 Å². The molecule has 29 heavy (non-hydrogen) atoms. The largest absolute Gasteiger partial charge is 0.243 e. The van der Waals surface area contributed by atoms with Crippen LogP contribution in [0.3, 0.4) is 0 Å². The lowest BCUT2D eigenvalue weighted by Crippen LogP contribution is -2.31. The fraction of sp³-hybridized carbons (Fsp3) is 0.520. The van der Waals surface area contributed by atoms with Crippen molar-refractivity contribution >= 4 is 10.0 Å². The van der Waals surface area contributed by atoms with E-state index < -0.39 is 10.0 Å². The highest BCUT2D eigenvalue weighted by Crippen LogP contribution is 2.39. The van der Waals surface area contributed by atoms with E-state index in [-0.39, 0.29) is 17.8 Å². The highest BCUT2D eigenvalue weighted by Gasteiger charge is 2.36. The molecule has 3 rings (SSSR count). The van der Waals surface area contributed by atoms with Gasteiger partial charge in [-0.25, -0.2) is 8.42 Å². The van der Waals surface area contributed by atoms with Crippen LogP contribution in [0.1, 0.15) is 93.9 Å². The zero-order chi connectivity index (χ0) is 21.3. The Bertz CT molecular complexity index is 917. The van der Waals surface area contributed by atoms with Crippen molar-refractivity contribution < 1.29 is 8.42 Å². The maximum absolute atomic E-state index is 13.9. The summed E-state index contributed by atoms with van der Waals surface area (Å²) in [5.74, 6) is 0.953. The zero-order valence-electron chi connectivity index (χ0n) is 18.6. The predicted molar refractivity (Wildman–Crippen MR) is 121 cm³/mol. The van der Waals surface area contributed by atoms with E-state index in [9.17, 15) is 8.42 Å². The van der Waals surface area contributed by atoms with Gasteiger partial charge in [-0.05, 0) is 52.3 Å². The van der Waals surface area contributed by atoms with Crippen LogP contribution in [0, 0.1) is 0 Å². The van der Waals surface area contributed by atoms with Crippen LogP contribution in [0.15, 0.2) is 47.4 Å². The Kier molecular flexibility index (Phi) is 6.54. The SMILES string of the molecule is CC(C)c1cc(C(C)C)c(S(=O)(=O)N2CC[C@H](c3ccccc3)C2)c(C(C)C)c1. The molecule has 1 aliphatic rings. The fourth-order valence-electron chi connectivity index (χ4n) is 4.26. The fourth-order valence-corrected chi connectivity index (χ4v) is 6.43. The third-order valence-electron chi connectivity index (χ3n) is 6.10. The van der Waals surface area contributed by atoms with Crippen LogP contribution in [0.25, 0.3) is 0 Å². The molecule has 2 aromatic rings. The maximum Gasteiger partial charge on any atom is 0.243 e. The normalized spacial score (nSPS) is 18.3. The van der Waals surface area contributed by atoms with Gasteiger partial charge in [0.15, 0.2) is 0 Å². The molecule has 2 aromatic carbocycles. The van der Waals surface area contributed by atoms with E-state index in [1.165, 1.54) is 11.1 Å². The maximum atomic E-state index is 13.9. The van der Waals surface area contributed by atoms with Crippen molar-refractivity contribution in [3.63, 3.8) is 0 Å². The van der Waals surface area contributed by atoms with Gasteiger partial charge in [0.2, 0.25) is 10.0 Å². The lowest BCUT2D eigenvalue weighted by atomic mass is 9.89. The van der Waals surface area contributed by atoms with Gasteiger partial charge < -0.3 is 0 Å². The Morgan fingerprint density at radius 1 is 0.862 bits per heavy atom. The summed E-state index contributed by atoms with van der Waals surface area (Å²) < 4.78 is 29.5. The number of nitrogens with zero attached hydrogens (tertiary/aromatic N) is 1. The summed E-state index contributed by atoms with van der Waals surface area (Å²) in [6, 6.07) is 14.5. The molecule has 1 saturated heterocycles. The average Bonchev–Trinajstić information content (AvgIpc) is 3.18. The summed E-state index contributed by atoms with van der Waals surface area (Å²) >= 11 is 0. The summed E-state index contributed by atoms with van der Waals surface area (Å²) in [4.78, 5) is 0.556. The van der Waals surface area contributed by atoms with E-state index in [4.69, 9.17) is 0 Å². The first kappa shape index (κ1) is 22.0. The van der Waals surface area contributed by atoms with E-state index in [2.05, 4.69) is 65.8 Å². The molecule has 1 heterocycles. The third kappa shape index (κ3) is 4.44. The van der Waals surface area contributed by atoms with Crippen molar-refractivity contribution in [3.05, 3.63) is 64.7 Å². The van der Waals surface area contributed by atoms with Gasteiger partial charge in [-0.1, -0.05) is 84.0 Å². The van der Waals surface area contributed by atoms with Gasteiger partial charge in [0.25, 0.3) is 0 Å². The van der Waals surface area contributed by atoms with Crippen molar-refractivity contribution in [2.45, 2.75) is 76.5 Å². The molecule has 3 nitrogen and oxygen atoms in total. The van der Waals surface area contributed by atoms with Gasteiger partial charge in [0, 0.05) is 13.1 Å². The Morgan fingerprint density at radius 3 is 1.90 bits per heavy atom. The van der Waals surface area contributed by atoms with Gasteiger partial charge in [-0.15, -0.1) is 0 Å². The van der Waals surface area contributed by atoms with Crippen LogP contribution >= 0.6 is 0 Å². The number of sulfonamides is 1. The first-order chi connectivity index (χ1) is 13.6. The molecule has 158 valence electrons. The first-order valence-electron chi connectivity index (χ1n) is 10.9. The minimum absolute atomic E-state index is 0.156. The molecule has 0 unspecified atom stereocenters. The quantitative estimate of drug-likeness (QED) is 0.562. The van der Waals surface area contributed by atoms with Crippen LogP contribution in [0.4, 0.5) is 0 Å². The summed E-state index contributed by atoms with van der Waals surface area (Å²) in [5.41, 5.74) is 4.37. The smallest absolute Gasteiger partial charge is 0.207 e. The van der Waals surface area contributed by atoms with Crippen LogP contribution in [-0.4, -0.2) is 25.8 Å². The van der Waals surface area contributed by atoms with Crippen molar-refractivity contribution in [1.29, 1.82) is 0 Å². The van der Waals surface area contributed by atoms with Gasteiger partial charge in [-0.2, -0.15) is 4.31 Å². The topological polar surface area (TPSA) is 37.4 Å². The molecule has 0 N–H and O–H groups in total. The molecule has 0 bridgehead atoms. The van der Waals surface area contributed by atoms with Crippen molar-refractivity contribution in [3.8, 4) is 0 Å². The average molecular weight is 414 g/mol. The molecule has 0 aromatic heterocycles. The summed E-state index contributed by atoms with van der Waals surface area (Å²) in [6.45, 7) is 13.9. The van der Waals surface area contributed by atoms with Crippen LogP contribution in [0.5, 0.6) is 0 Å². The lowest BCUT2D eigenvalue weighted by molar-refractivity contribution is 0.470. The van der Waals surface area contributed by atoms with Gasteiger partial charge in [0.1, 0.15) is 0 Å². The first-order valence-corrected chi connectivity index (χ1v) is 12.3. The number of hydrogen-bond acceptors (Lipinski definition) is 2. The minimum Gasteiger partial charge on any atom is -0.207 e. The van der Waals surface area contributed by atoms with Crippen molar-refractivity contribution in [2.75, 3.05) is 13.1 Å². The van der Waals surface area contributed by atoms with E-state index >= 15 is 0 Å². The monoisotopic (exact) mass is 413 g/mol. The second-order valence-corrected chi connectivity index (χ2v) is 11.1. The summed E-state index contributed by atoms with van der Waals surface area (Å²) in [7, 11) is -3.54. The zero-order valence-corrected chi connectivity index (χ0v) is 19.5. The van der Waals surface area contributed by atoms with E-state index in [1.807, 2.05) is 18.2 Å². The molecular weight excluding hydrogens is 378 g/mol. The lowest BCUT2D eigenvalue weighted by Gasteiger charge is -2.26. The van der Waals surface area contributed by atoms with Crippen LogP contribution in [-0.2, 0) is 10.0 Å². The predicted octanol–water partition coefficient (Wildman–Crippen LogP) is 6.24. The Labute approximate surface area is 177 Å². The Hall–Kier alpha value is -1.65. The highest BCUT2D eigenvalue weighted by atomic mass is 32.2. The van der Waals surface area contributed by atoms with E-state index in [0.29, 0.717) is 23.9 Å². The van der Waals surface area contributed by atoms with Gasteiger partial charge >= 0.3 is 0 Å². The molecule has 0 amide bonds. The minimum atomic E-state index is -3.54. The number of benzene rings is 2. The Balaban J connectivity index is 2.06. The molecule has 0 radical (unpaired) electrons. The second-order valence-electron chi connectivity index (χ2n) is 9.25. The Morgan fingerprint density at radius 2 is 1.41 bits per heavy atom. The molecule has 0 aliphatic carbocycles. The summed E-state index contributed by atoms with van der Waals surface area (Å²) in [6.07, 6.45) is 0.876. The molecule has 1 aliphatic heterocycles. The van der Waals surface area contributed by atoms with Crippen LogP contribution in [0.2, 0.25) is 0 Å². The van der Waals surface area contributed by atoms with Gasteiger partial charge in [-0.3, -0.25) is 0 Å². The third-order valence-corrected chi connectivity index (χ3v) is 8.10. The molecular formula is C25H35NO2S. The number of hydrogen-bond donors (Lipinski definition) is 0. The van der Waals surface area contributed by atoms with Crippen molar-refractivity contribution in [1.82, 2.24) is 4.31 Å². The summed E-state index contributed by atoms with van der Waals surface area (Å²) in [5, 5.41) is 0.